The van der Waals surface area contributed by atoms with Crippen LogP contribution in [-0.2, 0) is 19.1 Å². The second-order valence-electron chi connectivity index (χ2n) is 9.70. The molecule has 3 unspecified atom stereocenters. The van der Waals surface area contributed by atoms with E-state index in [4.69, 9.17) is 9.47 Å². The molecule has 2 fully saturated rings. The monoisotopic (exact) mass is 426 g/mol. The van der Waals surface area contributed by atoms with Crippen LogP contribution >= 0.6 is 0 Å². The maximum Gasteiger partial charge on any atom is 0.320 e. The van der Waals surface area contributed by atoms with Crippen LogP contribution < -0.4 is 0 Å². The predicted molar refractivity (Wildman–Crippen MR) is 120 cm³/mol. The van der Waals surface area contributed by atoms with Crippen LogP contribution in [0.3, 0.4) is 0 Å². The van der Waals surface area contributed by atoms with Crippen LogP contribution in [0.2, 0.25) is 0 Å². The minimum absolute atomic E-state index is 0.0320. The van der Waals surface area contributed by atoms with Crippen molar-refractivity contribution in [1.29, 1.82) is 0 Å². The number of carbonyl (C=O) groups excluding carboxylic acids is 2. The second kappa shape index (κ2) is 8.03. The van der Waals surface area contributed by atoms with Crippen molar-refractivity contribution in [3.05, 3.63) is 59.8 Å². The van der Waals surface area contributed by atoms with Crippen LogP contribution in [0.25, 0.3) is 0 Å². The molecule has 0 amide bonds. The highest BCUT2D eigenvalue weighted by atomic mass is 16.6. The summed E-state index contributed by atoms with van der Waals surface area (Å²) in [6.45, 7) is 13.1. The summed E-state index contributed by atoms with van der Waals surface area (Å²) in [7, 11) is 0. The van der Waals surface area contributed by atoms with Crippen molar-refractivity contribution < 1.29 is 24.2 Å². The van der Waals surface area contributed by atoms with Crippen LogP contribution in [0.15, 0.2) is 59.8 Å². The number of hydrogen-bond donors (Lipinski definition) is 1. The molecule has 2 bridgehead atoms. The molecule has 0 aromatic carbocycles. The lowest BCUT2D eigenvalue weighted by molar-refractivity contribution is -0.161. The lowest BCUT2D eigenvalue weighted by atomic mass is 9.68. The molecule has 1 saturated carbocycles. The molecule has 7 atom stereocenters. The van der Waals surface area contributed by atoms with Gasteiger partial charge in [-0.15, -0.1) is 0 Å². The Balaban J connectivity index is 1.64. The quantitative estimate of drug-likeness (QED) is 0.308. The van der Waals surface area contributed by atoms with Crippen molar-refractivity contribution >= 4 is 11.8 Å². The molecule has 3 rings (SSSR count). The molecular formula is C26H34O5. The Morgan fingerprint density at radius 1 is 1.06 bits per heavy atom. The number of Topliss-reactive ketones (excluding diaryl/α,β-unsaturated/α-hetero) is 1. The maximum atomic E-state index is 12.6. The summed E-state index contributed by atoms with van der Waals surface area (Å²) < 4.78 is 11.5. The lowest BCUT2D eigenvalue weighted by Crippen LogP contribution is -2.44. The topological polar surface area (TPSA) is 72.8 Å². The third-order valence-corrected chi connectivity index (χ3v) is 7.43. The molecular weight excluding hydrogens is 392 g/mol. The average molecular weight is 427 g/mol. The van der Waals surface area contributed by atoms with E-state index in [-0.39, 0.29) is 23.9 Å². The highest BCUT2D eigenvalue weighted by Gasteiger charge is 2.73. The molecule has 0 spiro atoms. The summed E-state index contributed by atoms with van der Waals surface area (Å²) in [5.41, 5.74) is -0.633. The van der Waals surface area contributed by atoms with Gasteiger partial charge in [0.2, 0.25) is 0 Å². The molecule has 5 heteroatoms. The molecule has 2 heterocycles. The number of fused-ring (bicyclic) bond motifs is 2. The molecule has 0 aromatic heterocycles. The molecule has 31 heavy (non-hydrogen) atoms. The summed E-state index contributed by atoms with van der Waals surface area (Å²) in [6.07, 6.45) is 14.5. The number of allylic oxidation sites excluding steroid dienone is 6. The molecule has 1 saturated heterocycles. The molecule has 2 aliphatic heterocycles. The molecule has 0 radical (unpaired) electrons. The van der Waals surface area contributed by atoms with E-state index in [1.165, 1.54) is 0 Å². The van der Waals surface area contributed by atoms with Crippen LogP contribution in [0.4, 0.5) is 0 Å². The Kier molecular flexibility index (Phi) is 6.07. The van der Waals surface area contributed by atoms with Gasteiger partial charge in [0, 0.05) is 5.41 Å². The fourth-order valence-electron chi connectivity index (χ4n) is 5.01. The van der Waals surface area contributed by atoms with E-state index in [0.717, 1.165) is 11.1 Å². The van der Waals surface area contributed by atoms with E-state index < -0.39 is 28.5 Å². The van der Waals surface area contributed by atoms with Gasteiger partial charge >= 0.3 is 5.97 Å². The maximum absolute atomic E-state index is 12.6. The number of rotatable bonds is 5. The Hall–Kier alpha value is -2.24. The van der Waals surface area contributed by atoms with Crippen LogP contribution in [-0.4, -0.2) is 40.8 Å². The Labute approximate surface area is 185 Å². The van der Waals surface area contributed by atoms with Gasteiger partial charge < -0.3 is 14.6 Å². The van der Waals surface area contributed by atoms with E-state index in [1.54, 1.807) is 13.8 Å². The van der Waals surface area contributed by atoms with Crippen molar-refractivity contribution in [1.82, 2.24) is 0 Å². The molecule has 1 aliphatic carbocycles. The fraction of sp³-hybridized carbons (Fsp3) is 0.538. The minimum Gasteiger partial charge on any atom is -0.460 e. The number of esters is 1. The summed E-state index contributed by atoms with van der Waals surface area (Å²) in [5, 5.41) is 10.3. The Morgan fingerprint density at radius 2 is 1.68 bits per heavy atom. The first-order chi connectivity index (χ1) is 14.4. The first-order valence-corrected chi connectivity index (χ1v) is 10.9. The number of hydrogen-bond acceptors (Lipinski definition) is 5. The molecule has 168 valence electrons. The van der Waals surface area contributed by atoms with Gasteiger partial charge in [0.25, 0.3) is 0 Å². The van der Waals surface area contributed by atoms with E-state index in [9.17, 15) is 14.7 Å². The SMILES string of the molecule is CC1=C[C@@](C)(O)[C@H](C)O[C@H]1/C(C)=C/C=C/C=C/C=C/[C@@]1(C)C2OC(=O)C1(C)C(=O)C2C. The molecule has 0 aromatic rings. The highest BCUT2D eigenvalue weighted by Crippen LogP contribution is 2.60. The summed E-state index contributed by atoms with van der Waals surface area (Å²) in [6, 6.07) is 0. The highest BCUT2D eigenvalue weighted by molar-refractivity contribution is 6.10. The van der Waals surface area contributed by atoms with Crippen LogP contribution in [0, 0.1) is 16.7 Å². The van der Waals surface area contributed by atoms with Gasteiger partial charge in [-0.05, 0) is 51.8 Å². The predicted octanol–water partition coefficient (Wildman–Crippen LogP) is 4.24. The summed E-state index contributed by atoms with van der Waals surface area (Å²) in [5.74, 6) is -0.724. The first-order valence-electron chi connectivity index (χ1n) is 10.9. The lowest BCUT2D eigenvalue weighted by Gasteiger charge is -2.37. The van der Waals surface area contributed by atoms with Gasteiger partial charge in [-0.1, -0.05) is 56.4 Å². The Morgan fingerprint density at radius 3 is 2.32 bits per heavy atom. The van der Waals surface area contributed by atoms with E-state index in [0.29, 0.717) is 0 Å². The van der Waals surface area contributed by atoms with Crippen LogP contribution in [0.1, 0.15) is 48.5 Å². The van der Waals surface area contributed by atoms with Gasteiger partial charge in [0.05, 0.1) is 18.1 Å². The summed E-state index contributed by atoms with van der Waals surface area (Å²) in [4.78, 5) is 24.8. The zero-order valence-electron chi connectivity index (χ0n) is 19.5. The van der Waals surface area contributed by atoms with Crippen molar-refractivity contribution in [2.45, 2.75) is 72.4 Å². The van der Waals surface area contributed by atoms with Crippen molar-refractivity contribution in [2.24, 2.45) is 16.7 Å². The largest absolute Gasteiger partial charge is 0.460 e. The number of carbonyl (C=O) groups is 2. The van der Waals surface area contributed by atoms with Gasteiger partial charge in [-0.25, -0.2) is 0 Å². The zero-order chi connectivity index (χ0) is 23.2. The van der Waals surface area contributed by atoms with E-state index in [1.807, 2.05) is 83.2 Å². The second-order valence-corrected chi connectivity index (χ2v) is 9.70. The van der Waals surface area contributed by atoms with Crippen molar-refractivity contribution in [3.63, 3.8) is 0 Å². The zero-order valence-corrected chi connectivity index (χ0v) is 19.5. The number of aliphatic hydroxyl groups is 1. The minimum atomic E-state index is -1.11. The number of ketones is 1. The van der Waals surface area contributed by atoms with E-state index in [2.05, 4.69) is 0 Å². The summed E-state index contributed by atoms with van der Waals surface area (Å²) >= 11 is 0. The normalized spacial score (nSPS) is 43.5. The van der Waals surface area contributed by atoms with Gasteiger partial charge in [0.15, 0.2) is 5.78 Å². The molecule has 1 N–H and O–H groups in total. The van der Waals surface area contributed by atoms with Gasteiger partial charge in [-0.3, -0.25) is 9.59 Å². The molecule has 3 aliphatic rings. The third kappa shape index (κ3) is 3.68. The van der Waals surface area contributed by atoms with Gasteiger partial charge in [-0.2, -0.15) is 0 Å². The van der Waals surface area contributed by atoms with Crippen molar-refractivity contribution in [3.8, 4) is 0 Å². The average Bonchev–Trinajstić information content (AvgIpc) is 2.97. The van der Waals surface area contributed by atoms with Crippen molar-refractivity contribution in [2.75, 3.05) is 0 Å². The standard InChI is InChI=1S/C26H34O5/c1-16(20-17(2)15-25(6,29)19(4)30-20)13-11-9-8-10-12-14-24(5)22-18(3)21(27)26(24,7)23(28)31-22/h8-15,18-20,22,29H,1-7H3/b10-8+,11-9+,14-12+,16-13+/t18?,19-,20-,22?,24-,25+,26?/m0/s1. The Bertz CT molecular complexity index is 918. The smallest absolute Gasteiger partial charge is 0.320 e. The fourth-order valence-corrected chi connectivity index (χ4v) is 5.01. The van der Waals surface area contributed by atoms with E-state index >= 15 is 0 Å². The number of ether oxygens (including phenoxy) is 2. The first kappa shape index (κ1) is 23.4. The van der Waals surface area contributed by atoms with Crippen LogP contribution in [0.5, 0.6) is 0 Å². The van der Waals surface area contributed by atoms with Gasteiger partial charge in [0.1, 0.15) is 17.1 Å². The molecule has 5 nitrogen and oxygen atoms in total. The third-order valence-electron chi connectivity index (χ3n) is 7.43.